The Morgan fingerprint density at radius 1 is 1.38 bits per heavy atom. The van der Waals surface area contributed by atoms with Crippen molar-refractivity contribution in [1.82, 2.24) is 4.90 Å². The summed E-state index contributed by atoms with van der Waals surface area (Å²) >= 11 is 0. The molecule has 1 rings (SSSR count). The molecular formula is C11H21F3N2. The fraction of sp³-hybridized carbons (Fsp3) is 1.00. The van der Waals surface area contributed by atoms with Gasteiger partial charge in [0.2, 0.25) is 0 Å². The van der Waals surface area contributed by atoms with E-state index in [1.165, 1.54) is 0 Å². The standard InChI is InChI=1S/C11H21F3N2/c1-2-10-5-3-4-6-16(10)8-9(7-15)11(12,13)14/h9-10H,2-8,15H2,1H3. The molecule has 2 atom stereocenters. The average Bonchev–Trinajstić information content (AvgIpc) is 2.24. The van der Waals surface area contributed by atoms with Crippen molar-refractivity contribution in [1.29, 1.82) is 0 Å². The Hall–Kier alpha value is -0.290. The Morgan fingerprint density at radius 2 is 2.06 bits per heavy atom. The minimum absolute atomic E-state index is 0.0680. The number of alkyl halides is 3. The van der Waals surface area contributed by atoms with Crippen LogP contribution in [0.1, 0.15) is 32.6 Å². The third kappa shape index (κ3) is 3.63. The van der Waals surface area contributed by atoms with Gasteiger partial charge in [-0.15, -0.1) is 0 Å². The first-order valence-electron chi connectivity index (χ1n) is 5.99. The Bertz CT molecular complexity index is 206. The summed E-state index contributed by atoms with van der Waals surface area (Å²) in [6, 6.07) is 0.310. The molecule has 1 heterocycles. The molecule has 0 amide bonds. The molecule has 0 aromatic carbocycles. The average molecular weight is 238 g/mol. The van der Waals surface area contributed by atoms with E-state index in [1.807, 2.05) is 11.8 Å². The van der Waals surface area contributed by atoms with Crippen LogP contribution in [0.3, 0.4) is 0 Å². The number of halogens is 3. The smallest absolute Gasteiger partial charge is 0.330 e. The first-order valence-corrected chi connectivity index (χ1v) is 5.99. The van der Waals surface area contributed by atoms with Crippen LogP contribution in [0.15, 0.2) is 0 Å². The van der Waals surface area contributed by atoms with E-state index >= 15 is 0 Å². The summed E-state index contributed by atoms with van der Waals surface area (Å²) in [5, 5.41) is 0. The quantitative estimate of drug-likeness (QED) is 0.814. The second-order valence-electron chi connectivity index (χ2n) is 4.53. The highest BCUT2D eigenvalue weighted by Crippen LogP contribution is 2.29. The summed E-state index contributed by atoms with van der Waals surface area (Å²) in [6.07, 6.45) is -0.0781. The maximum absolute atomic E-state index is 12.6. The fourth-order valence-electron chi connectivity index (χ4n) is 2.36. The van der Waals surface area contributed by atoms with Crippen molar-refractivity contribution in [2.45, 2.75) is 44.8 Å². The minimum atomic E-state index is -4.16. The van der Waals surface area contributed by atoms with Crippen molar-refractivity contribution in [2.24, 2.45) is 11.7 Å². The Morgan fingerprint density at radius 3 is 2.56 bits per heavy atom. The number of nitrogens with zero attached hydrogens (tertiary/aromatic N) is 1. The van der Waals surface area contributed by atoms with E-state index < -0.39 is 12.1 Å². The molecule has 16 heavy (non-hydrogen) atoms. The minimum Gasteiger partial charge on any atom is -0.330 e. The van der Waals surface area contributed by atoms with E-state index in [1.54, 1.807) is 0 Å². The highest BCUT2D eigenvalue weighted by molar-refractivity contribution is 4.80. The zero-order valence-electron chi connectivity index (χ0n) is 9.76. The van der Waals surface area contributed by atoms with Gasteiger partial charge in [0.05, 0.1) is 5.92 Å². The van der Waals surface area contributed by atoms with Crippen LogP contribution in [-0.4, -0.2) is 36.8 Å². The van der Waals surface area contributed by atoms with Gasteiger partial charge in [0, 0.05) is 19.1 Å². The molecule has 5 heteroatoms. The maximum Gasteiger partial charge on any atom is 0.394 e. The molecular weight excluding hydrogens is 217 g/mol. The molecule has 1 saturated heterocycles. The largest absolute Gasteiger partial charge is 0.394 e. The van der Waals surface area contributed by atoms with Crippen LogP contribution in [0.5, 0.6) is 0 Å². The molecule has 2 nitrogen and oxygen atoms in total. The van der Waals surface area contributed by atoms with Crippen LogP contribution in [0.2, 0.25) is 0 Å². The number of nitrogens with two attached hydrogens (primary N) is 1. The third-order valence-electron chi connectivity index (χ3n) is 3.42. The number of rotatable bonds is 4. The van der Waals surface area contributed by atoms with E-state index in [0.29, 0.717) is 6.04 Å². The van der Waals surface area contributed by atoms with Gasteiger partial charge in [-0.05, 0) is 25.8 Å². The molecule has 0 spiro atoms. The predicted molar refractivity (Wildman–Crippen MR) is 58.1 cm³/mol. The first kappa shape index (κ1) is 13.8. The molecule has 96 valence electrons. The lowest BCUT2D eigenvalue weighted by atomic mass is 9.98. The summed E-state index contributed by atoms with van der Waals surface area (Å²) in [5.41, 5.74) is 5.22. The highest BCUT2D eigenvalue weighted by atomic mass is 19.4. The fourth-order valence-corrected chi connectivity index (χ4v) is 2.36. The molecule has 0 bridgehead atoms. The van der Waals surface area contributed by atoms with E-state index in [2.05, 4.69) is 0 Å². The predicted octanol–water partition coefficient (Wildman–Crippen LogP) is 2.39. The maximum atomic E-state index is 12.6. The van der Waals surface area contributed by atoms with Gasteiger partial charge in [-0.3, -0.25) is 4.90 Å². The van der Waals surface area contributed by atoms with Gasteiger partial charge >= 0.3 is 6.18 Å². The summed E-state index contributed by atoms with van der Waals surface area (Å²) < 4.78 is 37.8. The van der Waals surface area contributed by atoms with Gasteiger partial charge < -0.3 is 5.73 Å². The normalized spacial score (nSPS) is 25.7. The highest BCUT2D eigenvalue weighted by Gasteiger charge is 2.40. The zero-order chi connectivity index (χ0) is 12.2. The molecule has 1 fully saturated rings. The van der Waals surface area contributed by atoms with Crippen LogP contribution < -0.4 is 5.73 Å². The number of piperidine rings is 1. The molecule has 0 aromatic rings. The van der Waals surface area contributed by atoms with Crippen molar-refractivity contribution < 1.29 is 13.2 Å². The summed E-state index contributed by atoms with van der Waals surface area (Å²) in [6.45, 7) is 2.58. The lowest BCUT2D eigenvalue weighted by Gasteiger charge is -2.37. The SMILES string of the molecule is CCC1CCCCN1CC(CN)C(F)(F)F. The van der Waals surface area contributed by atoms with E-state index in [0.717, 1.165) is 32.2 Å². The second kappa shape index (κ2) is 5.87. The van der Waals surface area contributed by atoms with Crippen LogP contribution in [0, 0.1) is 5.92 Å². The molecule has 0 aromatic heterocycles. The number of hydrogen-bond donors (Lipinski definition) is 1. The lowest BCUT2D eigenvalue weighted by molar-refractivity contribution is -0.178. The first-order chi connectivity index (χ1) is 7.49. The summed E-state index contributed by atoms with van der Waals surface area (Å²) in [7, 11) is 0. The Kier molecular flexibility index (Phi) is 5.05. The number of hydrogen-bond acceptors (Lipinski definition) is 2. The van der Waals surface area contributed by atoms with Crippen molar-refractivity contribution in [3.8, 4) is 0 Å². The van der Waals surface area contributed by atoms with Crippen molar-refractivity contribution in [3.63, 3.8) is 0 Å². The topological polar surface area (TPSA) is 29.3 Å². The van der Waals surface area contributed by atoms with E-state index in [-0.39, 0.29) is 13.1 Å². The van der Waals surface area contributed by atoms with Gasteiger partial charge in [-0.25, -0.2) is 0 Å². The summed E-state index contributed by atoms with van der Waals surface area (Å²) in [5.74, 6) is -1.38. The third-order valence-corrected chi connectivity index (χ3v) is 3.42. The van der Waals surface area contributed by atoms with Gasteiger partial charge in [-0.1, -0.05) is 13.3 Å². The lowest BCUT2D eigenvalue weighted by Crippen LogP contribution is -2.47. The van der Waals surface area contributed by atoms with E-state index in [9.17, 15) is 13.2 Å². The monoisotopic (exact) mass is 238 g/mol. The second-order valence-corrected chi connectivity index (χ2v) is 4.53. The van der Waals surface area contributed by atoms with Gasteiger partial charge in [0.25, 0.3) is 0 Å². The molecule has 1 aliphatic heterocycles. The molecule has 2 N–H and O–H groups in total. The molecule has 0 radical (unpaired) electrons. The Labute approximate surface area is 95.0 Å². The van der Waals surface area contributed by atoms with E-state index in [4.69, 9.17) is 5.73 Å². The summed E-state index contributed by atoms with van der Waals surface area (Å²) in [4.78, 5) is 1.97. The molecule has 2 unspecified atom stereocenters. The molecule has 0 saturated carbocycles. The van der Waals surface area contributed by atoms with Gasteiger partial charge in [0.1, 0.15) is 0 Å². The van der Waals surface area contributed by atoms with Crippen molar-refractivity contribution >= 4 is 0 Å². The molecule has 0 aliphatic carbocycles. The zero-order valence-corrected chi connectivity index (χ0v) is 9.76. The van der Waals surface area contributed by atoms with Crippen LogP contribution in [-0.2, 0) is 0 Å². The van der Waals surface area contributed by atoms with Gasteiger partial charge in [0.15, 0.2) is 0 Å². The Balaban J connectivity index is 2.55. The van der Waals surface area contributed by atoms with Crippen LogP contribution in [0.4, 0.5) is 13.2 Å². The molecule has 1 aliphatic rings. The van der Waals surface area contributed by atoms with Gasteiger partial charge in [-0.2, -0.15) is 13.2 Å². The number of likely N-dealkylation sites (tertiary alicyclic amines) is 1. The van der Waals surface area contributed by atoms with Crippen molar-refractivity contribution in [3.05, 3.63) is 0 Å². The van der Waals surface area contributed by atoms with Crippen molar-refractivity contribution in [2.75, 3.05) is 19.6 Å². The van der Waals surface area contributed by atoms with Crippen LogP contribution in [0.25, 0.3) is 0 Å². The van der Waals surface area contributed by atoms with Crippen LogP contribution >= 0.6 is 0 Å².